The van der Waals surface area contributed by atoms with Crippen molar-refractivity contribution >= 4 is 28.1 Å². The van der Waals surface area contributed by atoms with Crippen molar-refractivity contribution in [2.75, 3.05) is 13.1 Å². The third-order valence-corrected chi connectivity index (χ3v) is 6.67. The first-order chi connectivity index (χ1) is 15.4. The molecule has 6 heteroatoms. The molecular weight excluding hydrogens is 398 g/mol. The van der Waals surface area contributed by atoms with E-state index in [0.29, 0.717) is 13.1 Å². The molecule has 3 aliphatic rings. The zero-order valence-corrected chi connectivity index (χ0v) is 18.8. The van der Waals surface area contributed by atoms with E-state index >= 15 is 0 Å². The van der Waals surface area contributed by atoms with Gasteiger partial charge in [-0.05, 0) is 56.9 Å². The average Bonchev–Trinajstić information content (AvgIpc) is 3.17. The van der Waals surface area contributed by atoms with Gasteiger partial charge >= 0.3 is 0 Å². The average molecular weight is 426 g/mol. The Balaban J connectivity index is 1.32. The number of imidazole rings is 1. The van der Waals surface area contributed by atoms with Gasteiger partial charge in [0.15, 0.2) is 0 Å². The van der Waals surface area contributed by atoms with Crippen LogP contribution in [0.3, 0.4) is 0 Å². The smallest absolute Gasteiger partial charge is 0.226 e. The van der Waals surface area contributed by atoms with Crippen LogP contribution in [0.1, 0.15) is 56.3 Å². The van der Waals surface area contributed by atoms with E-state index in [1.807, 2.05) is 17.4 Å². The minimum atomic E-state index is -0.0406. The van der Waals surface area contributed by atoms with Crippen LogP contribution >= 0.6 is 0 Å². The highest BCUT2D eigenvalue weighted by atomic mass is 16.2. The number of hydrogen-bond acceptors (Lipinski definition) is 4. The molecule has 162 valence electrons. The third kappa shape index (κ3) is 3.17. The van der Waals surface area contributed by atoms with Gasteiger partial charge in [0.1, 0.15) is 0 Å². The van der Waals surface area contributed by atoms with Gasteiger partial charge in [-0.15, -0.1) is 0 Å². The second-order valence-corrected chi connectivity index (χ2v) is 10.1. The van der Waals surface area contributed by atoms with E-state index in [0.717, 1.165) is 64.1 Å². The highest BCUT2D eigenvalue weighted by molar-refractivity contribution is 5.88. The summed E-state index contributed by atoms with van der Waals surface area (Å²) in [4.78, 5) is 28.7. The molecular formula is C26H27N5O. The number of fused-ring (bicyclic) bond motifs is 2. The summed E-state index contributed by atoms with van der Waals surface area (Å²) in [7, 11) is 0. The fourth-order valence-corrected chi connectivity index (χ4v) is 4.69. The molecule has 3 heterocycles. The molecule has 0 bridgehead atoms. The summed E-state index contributed by atoms with van der Waals surface area (Å²) in [6, 6.07) is 6.43. The molecule has 1 aliphatic heterocycles. The Bertz CT molecular complexity index is 1320. The SMILES string of the molecule is CC(C)(C)n1cnc2ccc(C3=CCc4ncc(C5=CCN(C(=O)C6CC6)C5)nc43)cc21. The zero-order chi connectivity index (χ0) is 22.0. The van der Waals surface area contributed by atoms with E-state index < -0.39 is 0 Å². The number of rotatable bonds is 3. The first kappa shape index (κ1) is 19.4. The predicted octanol–water partition coefficient (Wildman–Crippen LogP) is 4.20. The Morgan fingerprint density at radius 3 is 2.75 bits per heavy atom. The quantitative estimate of drug-likeness (QED) is 0.631. The summed E-state index contributed by atoms with van der Waals surface area (Å²) in [5.41, 5.74) is 8.29. The van der Waals surface area contributed by atoms with Gasteiger partial charge in [0, 0.05) is 36.5 Å². The maximum absolute atomic E-state index is 12.4. The van der Waals surface area contributed by atoms with E-state index in [1.165, 1.54) is 0 Å². The van der Waals surface area contributed by atoms with Gasteiger partial charge in [0.2, 0.25) is 5.91 Å². The molecule has 6 nitrogen and oxygen atoms in total. The lowest BCUT2D eigenvalue weighted by molar-refractivity contribution is -0.131. The van der Waals surface area contributed by atoms with E-state index in [-0.39, 0.29) is 17.4 Å². The van der Waals surface area contributed by atoms with Gasteiger partial charge in [-0.1, -0.05) is 18.2 Å². The minimum absolute atomic E-state index is 0.0406. The molecule has 1 saturated carbocycles. The normalized spacial score (nSPS) is 18.2. The molecule has 0 radical (unpaired) electrons. The maximum Gasteiger partial charge on any atom is 0.226 e. The van der Waals surface area contributed by atoms with Gasteiger partial charge < -0.3 is 9.47 Å². The summed E-state index contributed by atoms with van der Waals surface area (Å²) in [6.45, 7) is 7.89. The van der Waals surface area contributed by atoms with Crippen LogP contribution in [-0.4, -0.2) is 43.4 Å². The molecule has 1 fully saturated rings. The molecule has 0 saturated heterocycles. The van der Waals surface area contributed by atoms with Crippen molar-refractivity contribution in [3.8, 4) is 0 Å². The molecule has 0 atom stereocenters. The monoisotopic (exact) mass is 425 g/mol. The van der Waals surface area contributed by atoms with Crippen molar-refractivity contribution in [3.63, 3.8) is 0 Å². The van der Waals surface area contributed by atoms with Gasteiger partial charge in [-0.2, -0.15) is 0 Å². The minimum Gasteiger partial charge on any atom is -0.334 e. The van der Waals surface area contributed by atoms with Gasteiger partial charge in [-0.3, -0.25) is 9.78 Å². The maximum atomic E-state index is 12.4. The van der Waals surface area contributed by atoms with Crippen molar-refractivity contribution in [2.24, 2.45) is 5.92 Å². The number of aromatic nitrogens is 4. The number of hydrogen-bond donors (Lipinski definition) is 0. The Kier molecular flexibility index (Phi) is 4.16. The summed E-state index contributed by atoms with van der Waals surface area (Å²) in [6.07, 6.45) is 11.0. The van der Waals surface area contributed by atoms with Crippen LogP contribution in [0.4, 0.5) is 0 Å². The lowest BCUT2D eigenvalue weighted by Crippen LogP contribution is -2.30. The number of benzene rings is 1. The number of amides is 1. The molecule has 1 amide bonds. The second kappa shape index (κ2) is 6.86. The van der Waals surface area contributed by atoms with Gasteiger partial charge in [0.05, 0.1) is 40.6 Å². The van der Waals surface area contributed by atoms with Crippen LogP contribution in [0.5, 0.6) is 0 Å². The molecule has 3 aromatic rings. The van der Waals surface area contributed by atoms with Crippen LogP contribution in [0, 0.1) is 5.92 Å². The van der Waals surface area contributed by atoms with Crippen LogP contribution in [0.2, 0.25) is 0 Å². The lowest BCUT2D eigenvalue weighted by Gasteiger charge is -2.22. The van der Waals surface area contributed by atoms with Crippen LogP contribution in [0.15, 0.2) is 42.9 Å². The van der Waals surface area contributed by atoms with Crippen LogP contribution in [0.25, 0.3) is 22.2 Å². The number of nitrogens with zero attached hydrogens (tertiary/aromatic N) is 5. The number of carbonyl (C=O) groups excluding carboxylic acids is 1. The third-order valence-electron chi connectivity index (χ3n) is 6.67. The second-order valence-electron chi connectivity index (χ2n) is 10.1. The molecule has 2 aromatic heterocycles. The molecule has 0 N–H and O–H groups in total. The van der Waals surface area contributed by atoms with Gasteiger partial charge in [-0.25, -0.2) is 9.97 Å². The van der Waals surface area contributed by atoms with Crippen molar-refractivity contribution in [3.05, 3.63) is 65.5 Å². The first-order valence-corrected chi connectivity index (χ1v) is 11.4. The van der Waals surface area contributed by atoms with Crippen molar-refractivity contribution in [1.29, 1.82) is 0 Å². The largest absolute Gasteiger partial charge is 0.334 e. The van der Waals surface area contributed by atoms with Crippen LogP contribution < -0.4 is 0 Å². The fourth-order valence-electron chi connectivity index (χ4n) is 4.69. The van der Waals surface area contributed by atoms with E-state index in [4.69, 9.17) is 9.97 Å². The summed E-state index contributed by atoms with van der Waals surface area (Å²) in [5, 5.41) is 0. The van der Waals surface area contributed by atoms with Crippen LogP contribution in [-0.2, 0) is 16.8 Å². The number of carbonyl (C=O) groups is 1. The van der Waals surface area contributed by atoms with E-state index in [9.17, 15) is 4.79 Å². The predicted molar refractivity (Wildman–Crippen MR) is 125 cm³/mol. The molecule has 1 aromatic carbocycles. The van der Waals surface area contributed by atoms with Crippen molar-refractivity contribution in [1.82, 2.24) is 24.4 Å². The first-order valence-electron chi connectivity index (χ1n) is 11.4. The molecule has 6 rings (SSSR count). The van der Waals surface area contributed by atoms with E-state index in [2.05, 4.69) is 60.7 Å². The number of allylic oxidation sites excluding steroid dienone is 1. The molecule has 0 unspecified atom stereocenters. The standard InChI is InChI=1S/C26H27N5O/c1-26(2,3)31-15-28-20-8-6-17(12-23(20)31)19-7-9-21-24(19)29-22(13-27-21)18-10-11-30(14-18)25(32)16-4-5-16/h6-8,10,12-13,15-16H,4-5,9,11,14H2,1-3H3. The fraction of sp³-hybridized carbons (Fsp3) is 0.385. The topological polar surface area (TPSA) is 63.9 Å². The lowest BCUT2D eigenvalue weighted by atomic mass is 10.0. The highest BCUT2D eigenvalue weighted by Crippen LogP contribution is 2.35. The summed E-state index contributed by atoms with van der Waals surface area (Å²) >= 11 is 0. The Morgan fingerprint density at radius 2 is 1.97 bits per heavy atom. The highest BCUT2D eigenvalue weighted by Gasteiger charge is 2.35. The Morgan fingerprint density at radius 1 is 1.12 bits per heavy atom. The zero-order valence-electron chi connectivity index (χ0n) is 18.8. The van der Waals surface area contributed by atoms with Gasteiger partial charge in [0.25, 0.3) is 0 Å². The Hall–Kier alpha value is -3.28. The molecule has 2 aliphatic carbocycles. The summed E-state index contributed by atoms with van der Waals surface area (Å²) < 4.78 is 2.22. The van der Waals surface area contributed by atoms with Crippen molar-refractivity contribution < 1.29 is 4.79 Å². The molecule has 32 heavy (non-hydrogen) atoms. The van der Waals surface area contributed by atoms with Crippen molar-refractivity contribution in [2.45, 2.75) is 45.6 Å². The summed E-state index contributed by atoms with van der Waals surface area (Å²) in [5.74, 6) is 0.537. The van der Waals surface area contributed by atoms with E-state index in [1.54, 1.807) is 0 Å². The Labute approximate surface area is 187 Å². The molecule has 0 spiro atoms.